The van der Waals surface area contributed by atoms with Crippen LogP contribution < -0.4 is 0 Å². The van der Waals surface area contributed by atoms with Gasteiger partial charge in [-0.2, -0.15) is 0 Å². The lowest BCUT2D eigenvalue weighted by atomic mass is 9.77. The highest BCUT2D eigenvalue weighted by molar-refractivity contribution is 5.78. The average Bonchev–Trinajstić information content (AvgIpc) is 1.77. The van der Waals surface area contributed by atoms with E-state index in [0.29, 0.717) is 0 Å². The van der Waals surface area contributed by atoms with Crippen molar-refractivity contribution in [3.05, 3.63) is 0 Å². The Balaban J connectivity index is 0.000000578. The van der Waals surface area contributed by atoms with Crippen molar-refractivity contribution >= 4 is 41.8 Å². The van der Waals surface area contributed by atoms with Crippen LogP contribution in [-0.4, -0.2) is 81.0 Å². The topological polar surface area (TPSA) is 184 Å². The van der Waals surface area contributed by atoms with E-state index < -0.39 is 0 Å². The van der Waals surface area contributed by atoms with Crippen LogP contribution in [0.5, 0.6) is 0 Å². The maximum Gasteiger partial charge on any atom is 0.312 e. The smallest absolute Gasteiger partial charge is 0.312 e. The number of ether oxygens (including phenoxy) is 7. The van der Waals surface area contributed by atoms with Crippen molar-refractivity contribution in [2.45, 2.75) is 463 Å². The fourth-order valence-corrected chi connectivity index (χ4v) is 12.7. The Morgan fingerprint density at radius 1 is 0.283 bits per heavy atom. The normalized spacial score (nSPS) is 20.8. The molecule has 7 fully saturated rings. The van der Waals surface area contributed by atoms with Gasteiger partial charge in [-0.1, -0.05) is 96.4 Å². The molecule has 0 radical (unpaired) electrons. The Morgan fingerprint density at radius 2 is 0.485 bits per heavy atom. The molecule has 0 aromatic heterocycles. The van der Waals surface area contributed by atoms with Crippen molar-refractivity contribution < 1.29 is 66.7 Å². The highest BCUT2D eigenvalue weighted by Gasteiger charge is 2.45. The van der Waals surface area contributed by atoms with Gasteiger partial charge in [-0.25, -0.2) is 0 Å². The molecule has 0 bridgehead atoms. The number of esters is 7. The average molecular weight is 1400 g/mol. The summed E-state index contributed by atoms with van der Waals surface area (Å²) in [7, 11) is 0. The summed E-state index contributed by atoms with van der Waals surface area (Å²) in [5, 5.41) is 0. The molecule has 14 nitrogen and oxygen atoms in total. The molecular weight excluding hydrogens is 1240 g/mol. The zero-order valence-corrected chi connectivity index (χ0v) is 69.2. The number of carbonyl (C=O) groups is 7. The molecule has 2 atom stereocenters. The molecule has 2 unspecified atom stereocenters. The standard InChI is InChI=1S/C14H26O2.C13H24O2.3C12H22O2.2C11H20O2/c1-5-9-14(10-7-8-11-14)16-12(15)13(3,4)6-2;1-5-12(3,4)11(14)15-13(6-2)9-7-8-10-13;1-5-11(2,3)10(13)14-12(4)8-6-7-9-12;1-5-11(3,4)10(13)14-12(6-2)8-7-9-12;1-4-10(3)11(13)14-12(5-2)8-6-7-9-12;1-5-10(2,3)9(12)13-11(4)7-6-8-11;1-4-9(2)10(12)13-11(3)7-5-6-8-11/h5-11H2,1-4H3;5-10H2,1-4H3;2*5-9H2,1-4H3;10H,4-9H2,1-3H3;5-8H2,1-4H3;9H,4-8H2,1-3H3. The largest absolute Gasteiger partial charge is 0.459 e. The molecule has 7 aliphatic rings. The first-order valence-corrected chi connectivity index (χ1v) is 40.5. The van der Waals surface area contributed by atoms with Gasteiger partial charge >= 0.3 is 41.8 Å². The second-order valence-corrected chi connectivity index (χ2v) is 35.2. The second kappa shape index (κ2) is 41.7. The quantitative estimate of drug-likeness (QED) is 0.0588. The van der Waals surface area contributed by atoms with Crippen LogP contribution in [0.15, 0.2) is 0 Å². The Labute approximate surface area is 607 Å². The Hall–Kier alpha value is -3.71. The molecule has 0 aromatic rings. The van der Waals surface area contributed by atoms with Crippen LogP contribution in [0.4, 0.5) is 0 Å². The van der Waals surface area contributed by atoms with Gasteiger partial charge in [0.25, 0.3) is 0 Å². The van der Waals surface area contributed by atoms with E-state index in [4.69, 9.17) is 33.2 Å². The fourth-order valence-electron chi connectivity index (χ4n) is 12.7. The molecule has 99 heavy (non-hydrogen) atoms. The molecule has 7 rings (SSSR count). The van der Waals surface area contributed by atoms with Crippen LogP contribution in [0.25, 0.3) is 0 Å². The van der Waals surface area contributed by atoms with Crippen molar-refractivity contribution in [2.24, 2.45) is 38.9 Å². The van der Waals surface area contributed by atoms with Crippen LogP contribution in [0, 0.1) is 38.9 Å². The predicted molar refractivity (Wildman–Crippen MR) is 404 cm³/mol. The van der Waals surface area contributed by atoms with Crippen molar-refractivity contribution in [1.82, 2.24) is 0 Å². The van der Waals surface area contributed by atoms with Gasteiger partial charge in [0.2, 0.25) is 0 Å². The van der Waals surface area contributed by atoms with Gasteiger partial charge in [-0.15, -0.1) is 0 Å². The Bertz CT molecular complexity index is 2360. The van der Waals surface area contributed by atoms with Gasteiger partial charge in [0.05, 0.1) is 38.9 Å². The number of rotatable bonds is 26. The molecule has 0 saturated heterocycles. The lowest BCUT2D eigenvalue weighted by molar-refractivity contribution is -0.181. The van der Waals surface area contributed by atoms with E-state index in [1.807, 2.05) is 138 Å². The SMILES string of the molecule is CCC(C)(C)C(=O)OC1(C)CCC1.CCC(C)(C)C(=O)OC1(C)CCCC1.CCC(C)C(=O)OC1(C)CCCC1.CCC(C)C(=O)OC1(CC)CCCC1.CCC1(OC(=O)C(C)(C)CC)CCC1.CCC1(OC(=O)C(C)(C)CC)CCCC1.CCCC1(OC(=O)C(C)(C)CC)CCCC1. The zero-order chi connectivity index (χ0) is 76.0. The van der Waals surface area contributed by atoms with Crippen LogP contribution >= 0.6 is 0 Å². The van der Waals surface area contributed by atoms with Crippen LogP contribution in [-0.2, 0) is 66.7 Å². The minimum Gasteiger partial charge on any atom is -0.459 e. The lowest BCUT2D eigenvalue weighted by Gasteiger charge is -2.42. The van der Waals surface area contributed by atoms with E-state index >= 15 is 0 Å². The van der Waals surface area contributed by atoms with E-state index in [2.05, 4.69) is 41.5 Å². The number of carbonyl (C=O) groups excluding carboxylic acids is 7. The van der Waals surface area contributed by atoms with Gasteiger partial charge < -0.3 is 33.2 Å². The summed E-state index contributed by atoms with van der Waals surface area (Å²) >= 11 is 0. The zero-order valence-electron chi connectivity index (χ0n) is 69.2. The third-order valence-electron chi connectivity index (χ3n) is 24.7. The van der Waals surface area contributed by atoms with Crippen LogP contribution in [0.2, 0.25) is 0 Å². The molecule has 0 amide bonds. The van der Waals surface area contributed by atoms with Crippen molar-refractivity contribution in [3.8, 4) is 0 Å². The summed E-state index contributed by atoms with van der Waals surface area (Å²) in [4.78, 5) is 82.6. The first-order valence-electron chi connectivity index (χ1n) is 40.5. The first-order chi connectivity index (χ1) is 45.9. The maximum atomic E-state index is 12.1. The van der Waals surface area contributed by atoms with Crippen LogP contribution in [0.1, 0.15) is 424 Å². The summed E-state index contributed by atoms with van der Waals surface area (Å²) in [6.07, 6.45) is 40.0. The fraction of sp³-hybridized carbons (Fsp3) is 0.918. The summed E-state index contributed by atoms with van der Waals surface area (Å²) in [6.45, 7) is 52.3. The summed E-state index contributed by atoms with van der Waals surface area (Å²) in [5.41, 5.74) is -2.59. The third kappa shape index (κ3) is 30.5. The predicted octanol–water partition coefficient (Wildman–Crippen LogP) is 23.5. The van der Waals surface area contributed by atoms with Crippen LogP contribution in [0.3, 0.4) is 0 Å². The van der Waals surface area contributed by atoms with Crippen molar-refractivity contribution in [2.75, 3.05) is 0 Å². The minimum absolute atomic E-state index is 0.00347. The maximum absolute atomic E-state index is 12.1. The molecule has 0 spiro atoms. The molecule has 0 aliphatic heterocycles. The molecule has 7 aliphatic carbocycles. The molecule has 0 N–H and O–H groups in total. The van der Waals surface area contributed by atoms with Gasteiger partial charge in [0.1, 0.15) is 39.2 Å². The Morgan fingerprint density at radius 3 is 0.707 bits per heavy atom. The number of hydrogen-bond acceptors (Lipinski definition) is 14. The molecule has 0 heterocycles. The van der Waals surface area contributed by atoms with Gasteiger partial charge in [0.15, 0.2) is 0 Å². The first kappa shape index (κ1) is 93.3. The second-order valence-electron chi connectivity index (χ2n) is 35.2. The van der Waals surface area contributed by atoms with Crippen molar-refractivity contribution in [3.63, 3.8) is 0 Å². The molecule has 14 heteroatoms. The summed E-state index contributed by atoms with van der Waals surface area (Å²) < 4.78 is 39.5. The minimum atomic E-state index is -0.330. The third-order valence-corrected chi connectivity index (χ3v) is 24.7. The summed E-state index contributed by atoms with van der Waals surface area (Å²) in [6, 6.07) is 0. The highest BCUT2D eigenvalue weighted by atomic mass is 16.6. The molecular formula is C85H156O14. The molecule has 580 valence electrons. The van der Waals surface area contributed by atoms with E-state index in [0.717, 1.165) is 167 Å². The molecule has 0 aromatic carbocycles. The highest BCUT2D eigenvalue weighted by Crippen LogP contribution is 2.44. The van der Waals surface area contributed by atoms with E-state index in [9.17, 15) is 33.6 Å². The monoisotopic (exact) mass is 1400 g/mol. The Kier molecular flexibility index (Phi) is 39.3. The number of hydrogen-bond donors (Lipinski definition) is 0. The van der Waals surface area contributed by atoms with Crippen molar-refractivity contribution in [1.29, 1.82) is 0 Å². The van der Waals surface area contributed by atoms with Gasteiger partial charge in [0, 0.05) is 0 Å². The molecule has 7 saturated carbocycles. The van der Waals surface area contributed by atoms with Gasteiger partial charge in [-0.05, 0) is 328 Å². The van der Waals surface area contributed by atoms with E-state index in [1.165, 1.54) is 77.0 Å². The van der Waals surface area contributed by atoms with E-state index in [1.54, 1.807) is 0 Å². The lowest BCUT2D eigenvalue weighted by Crippen LogP contribution is -2.44. The van der Waals surface area contributed by atoms with E-state index in [-0.39, 0.29) is 120 Å². The van der Waals surface area contributed by atoms with Gasteiger partial charge in [-0.3, -0.25) is 33.6 Å². The summed E-state index contributed by atoms with van der Waals surface area (Å²) in [5.74, 6) is -0.0538.